The third-order valence-electron chi connectivity index (χ3n) is 10.4. The van der Waals surface area contributed by atoms with Crippen molar-refractivity contribution < 1.29 is 0 Å². The van der Waals surface area contributed by atoms with Crippen molar-refractivity contribution in [2.24, 2.45) is 0 Å². The van der Waals surface area contributed by atoms with E-state index in [4.69, 9.17) is 0 Å². The highest BCUT2D eigenvalue weighted by molar-refractivity contribution is 6.14. The molecule has 50 heavy (non-hydrogen) atoms. The van der Waals surface area contributed by atoms with E-state index in [0.717, 1.165) is 22.7 Å². The Morgan fingerprint density at radius 3 is 1.10 bits per heavy atom. The fourth-order valence-electron chi connectivity index (χ4n) is 8.13. The Labute approximate surface area is 287 Å². The summed E-state index contributed by atoms with van der Waals surface area (Å²) in [6, 6.07) is 61.6. The van der Waals surface area contributed by atoms with Crippen LogP contribution in [0.1, 0.15) is 0 Å². The molecule has 234 valence electrons. The van der Waals surface area contributed by atoms with Gasteiger partial charge < -0.3 is 18.3 Å². The molecule has 4 heteroatoms. The van der Waals surface area contributed by atoms with Gasteiger partial charge in [0.25, 0.3) is 0 Å². The lowest BCUT2D eigenvalue weighted by Crippen LogP contribution is -1.98. The van der Waals surface area contributed by atoms with Gasteiger partial charge in [0.15, 0.2) is 0 Å². The van der Waals surface area contributed by atoms with E-state index >= 15 is 0 Å². The minimum atomic E-state index is 1.14. The smallest absolute Gasteiger partial charge is 0.0562 e. The van der Waals surface area contributed by atoms with Gasteiger partial charge in [-0.2, -0.15) is 0 Å². The van der Waals surface area contributed by atoms with Gasteiger partial charge >= 0.3 is 0 Å². The van der Waals surface area contributed by atoms with Crippen LogP contribution < -0.4 is 0 Å². The SMILES string of the molecule is c1ccc(-n2ccc3cc4c5ccccc5n(-c5ccc(-n6c7ccccc7c7cc8ccn(-c9ccccc9)c8cc76)cc5)c4cc32)cc1. The zero-order chi connectivity index (χ0) is 32.8. The first kappa shape index (κ1) is 27.2. The van der Waals surface area contributed by atoms with Gasteiger partial charge in [0.2, 0.25) is 0 Å². The lowest BCUT2D eigenvalue weighted by atomic mass is 10.1. The molecular formula is C46H30N4. The number of benzene rings is 7. The van der Waals surface area contributed by atoms with Crippen LogP contribution in [-0.2, 0) is 0 Å². The Morgan fingerprint density at radius 1 is 0.260 bits per heavy atom. The molecule has 0 unspecified atom stereocenters. The van der Waals surface area contributed by atoms with Gasteiger partial charge in [0, 0.05) is 67.5 Å². The molecule has 4 aromatic heterocycles. The van der Waals surface area contributed by atoms with Crippen LogP contribution in [0.25, 0.3) is 88.2 Å². The van der Waals surface area contributed by atoms with Crippen molar-refractivity contribution in [1.82, 2.24) is 18.3 Å². The lowest BCUT2D eigenvalue weighted by Gasteiger charge is -2.12. The van der Waals surface area contributed by atoms with Crippen molar-refractivity contribution in [2.75, 3.05) is 0 Å². The molecule has 0 fully saturated rings. The lowest BCUT2D eigenvalue weighted by molar-refractivity contribution is 1.12. The summed E-state index contributed by atoms with van der Waals surface area (Å²) in [5.74, 6) is 0. The summed E-state index contributed by atoms with van der Waals surface area (Å²) in [6.07, 6.45) is 4.35. The van der Waals surface area contributed by atoms with Crippen molar-refractivity contribution in [3.8, 4) is 22.7 Å². The van der Waals surface area contributed by atoms with Crippen LogP contribution in [0.2, 0.25) is 0 Å². The van der Waals surface area contributed by atoms with E-state index in [1.165, 1.54) is 65.4 Å². The van der Waals surface area contributed by atoms with Crippen LogP contribution in [0.3, 0.4) is 0 Å². The summed E-state index contributed by atoms with van der Waals surface area (Å²) in [5.41, 5.74) is 11.8. The molecule has 0 amide bonds. The molecule has 0 aliphatic heterocycles. The number of nitrogens with zero attached hydrogens (tertiary/aromatic N) is 4. The standard InChI is InChI=1S/C46H30N4/c1-3-11-33(12-4-1)47-25-23-31-27-39-37-15-7-9-17-41(37)49(45(39)29-43(31)47)35-19-21-36(22-20-35)50-42-18-10-8-16-38(42)40-28-32-24-26-48(44(32)30-46(40)50)34-13-5-2-6-14-34/h1-30H. The molecule has 11 aromatic rings. The molecular weight excluding hydrogens is 609 g/mol. The molecule has 4 heterocycles. The number of fused-ring (bicyclic) bond motifs is 8. The molecule has 4 nitrogen and oxygen atoms in total. The minimum absolute atomic E-state index is 1.14. The Hall–Kier alpha value is -6.78. The van der Waals surface area contributed by atoms with Crippen molar-refractivity contribution in [2.45, 2.75) is 0 Å². The third-order valence-corrected chi connectivity index (χ3v) is 10.4. The van der Waals surface area contributed by atoms with E-state index in [0.29, 0.717) is 0 Å². The first-order valence-electron chi connectivity index (χ1n) is 17.1. The molecule has 0 aliphatic rings. The summed E-state index contributed by atoms with van der Waals surface area (Å²) < 4.78 is 9.40. The molecule has 0 bridgehead atoms. The number of aromatic nitrogens is 4. The third kappa shape index (κ3) is 3.87. The normalized spacial score (nSPS) is 12.0. The van der Waals surface area contributed by atoms with Crippen LogP contribution in [0, 0.1) is 0 Å². The fourth-order valence-corrected chi connectivity index (χ4v) is 8.13. The number of hydrogen-bond donors (Lipinski definition) is 0. The Kier molecular flexibility index (Phi) is 5.63. The van der Waals surface area contributed by atoms with E-state index in [9.17, 15) is 0 Å². The molecule has 11 rings (SSSR count). The van der Waals surface area contributed by atoms with Gasteiger partial charge in [0.05, 0.1) is 33.1 Å². The van der Waals surface area contributed by atoms with Crippen LogP contribution in [-0.4, -0.2) is 18.3 Å². The summed E-state index contributed by atoms with van der Waals surface area (Å²) in [6.45, 7) is 0. The zero-order valence-electron chi connectivity index (χ0n) is 27.1. The van der Waals surface area contributed by atoms with Gasteiger partial charge in [-0.1, -0.05) is 72.8 Å². The van der Waals surface area contributed by atoms with Crippen LogP contribution in [0.5, 0.6) is 0 Å². The van der Waals surface area contributed by atoms with Crippen LogP contribution in [0.4, 0.5) is 0 Å². The van der Waals surface area contributed by atoms with Crippen LogP contribution >= 0.6 is 0 Å². The second-order valence-corrected chi connectivity index (χ2v) is 13.1. The molecule has 0 N–H and O–H groups in total. The van der Waals surface area contributed by atoms with E-state index in [1.54, 1.807) is 0 Å². The minimum Gasteiger partial charge on any atom is -0.316 e. The first-order chi connectivity index (χ1) is 24.8. The molecule has 0 spiro atoms. The van der Waals surface area contributed by atoms with Gasteiger partial charge in [-0.25, -0.2) is 0 Å². The van der Waals surface area contributed by atoms with Crippen molar-refractivity contribution in [3.05, 3.63) is 182 Å². The Balaban J connectivity index is 1.11. The van der Waals surface area contributed by atoms with Crippen molar-refractivity contribution >= 4 is 65.4 Å². The zero-order valence-corrected chi connectivity index (χ0v) is 27.1. The first-order valence-corrected chi connectivity index (χ1v) is 17.1. The summed E-state index contributed by atoms with van der Waals surface area (Å²) in [4.78, 5) is 0. The van der Waals surface area contributed by atoms with E-state index < -0.39 is 0 Å². The maximum absolute atomic E-state index is 2.42. The maximum atomic E-state index is 2.42. The number of hydrogen-bond acceptors (Lipinski definition) is 0. The topological polar surface area (TPSA) is 19.7 Å². The summed E-state index contributed by atoms with van der Waals surface area (Å²) >= 11 is 0. The van der Waals surface area contributed by atoms with Gasteiger partial charge in [-0.05, 0) is 97.1 Å². The number of rotatable bonds is 4. The second kappa shape index (κ2) is 10.4. The van der Waals surface area contributed by atoms with E-state index in [2.05, 4.69) is 201 Å². The highest BCUT2D eigenvalue weighted by atomic mass is 15.0. The summed E-state index contributed by atoms with van der Waals surface area (Å²) in [5, 5.41) is 7.51. The van der Waals surface area contributed by atoms with Crippen molar-refractivity contribution in [3.63, 3.8) is 0 Å². The van der Waals surface area contributed by atoms with Gasteiger partial charge in [0.1, 0.15) is 0 Å². The predicted octanol–water partition coefficient (Wildman–Crippen LogP) is 11.8. The van der Waals surface area contributed by atoms with Crippen molar-refractivity contribution in [1.29, 1.82) is 0 Å². The van der Waals surface area contributed by atoms with E-state index in [1.807, 2.05) is 0 Å². The average molecular weight is 639 g/mol. The second-order valence-electron chi connectivity index (χ2n) is 13.1. The van der Waals surface area contributed by atoms with Crippen LogP contribution in [0.15, 0.2) is 182 Å². The molecule has 7 aromatic carbocycles. The predicted molar refractivity (Wildman–Crippen MR) is 209 cm³/mol. The monoisotopic (exact) mass is 638 g/mol. The Bertz CT molecular complexity index is 2850. The molecule has 0 atom stereocenters. The van der Waals surface area contributed by atoms with Gasteiger partial charge in [-0.15, -0.1) is 0 Å². The quantitative estimate of drug-likeness (QED) is 0.183. The molecule has 0 aliphatic carbocycles. The molecule has 0 saturated heterocycles. The highest BCUT2D eigenvalue weighted by Gasteiger charge is 2.18. The largest absolute Gasteiger partial charge is 0.316 e. The van der Waals surface area contributed by atoms with Gasteiger partial charge in [-0.3, -0.25) is 0 Å². The number of para-hydroxylation sites is 4. The Morgan fingerprint density at radius 2 is 0.660 bits per heavy atom. The average Bonchev–Trinajstić information content (AvgIpc) is 3.94. The van der Waals surface area contributed by atoms with E-state index in [-0.39, 0.29) is 0 Å². The summed E-state index contributed by atoms with van der Waals surface area (Å²) in [7, 11) is 0. The molecule has 0 saturated carbocycles. The highest BCUT2D eigenvalue weighted by Crippen LogP contribution is 2.38. The molecule has 0 radical (unpaired) electrons. The maximum Gasteiger partial charge on any atom is 0.0562 e. The fraction of sp³-hybridized carbons (Fsp3) is 0.